The van der Waals surface area contributed by atoms with Crippen LogP contribution in [0.1, 0.15) is 19.3 Å². The number of aryl methyl sites for hydroxylation is 1. The van der Waals surface area contributed by atoms with Crippen LogP contribution in [0.3, 0.4) is 0 Å². The highest BCUT2D eigenvalue weighted by Gasteiger charge is 2.17. The van der Waals surface area contributed by atoms with Gasteiger partial charge in [-0.3, -0.25) is 0 Å². The molecule has 4 rings (SSSR count). The molecule has 0 N–H and O–H groups in total. The molecule has 0 amide bonds. The molecule has 3 heterocycles. The van der Waals surface area contributed by atoms with Crippen molar-refractivity contribution in [2.45, 2.75) is 25.8 Å². The van der Waals surface area contributed by atoms with Gasteiger partial charge in [-0.25, -0.2) is 9.97 Å². The number of nitriles is 1. The van der Waals surface area contributed by atoms with Crippen molar-refractivity contribution in [2.75, 3.05) is 18.0 Å². The second kappa shape index (κ2) is 6.32. The highest BCUT2D eigenvalue weighted by molar-refractivity contribution is 5.95. The lowest BCUT2D eigenvalue weighted by Gasteiger charge is -2.15. The molecule has 5 heteroatoms. The van der Waals surface area contributed by atoms with Crippen molar-refractivity contribution in [2.24, 2.45) is 0 Å². The second-order valence-corrected chi connectivity index (χ2v) is 6.10. The fourth-order valence-corrected chi connectivity index (χ4v) is 3.37. The minimum atomic E-state index is 0.501. The molecule has 5 nitrogen and oxygen atoms in total. The van der Waals surface area contributed by atoms with Crippen LogP contribution in [0.15, 0.2) is 42.7 Å². The Labute approximate surface area is 141 Å². The van der Waals surface area contributed by atoms with Crippen molar-refractivity contribution in [3.63, 3.8) is 0 Å². The summed E-state index contributed by atoms with van der Waals surface area (Å²) in [6.07, 6.45) is 6.87. The Bertz CT molecular complexity index is 900. The first-order chi connectivity index (χ1) is 11.9. The van der Waals surface area contributed by atoms with Gasteiger partial charge >= 0.3 is 0 Å². The first kappa shape index (κ1) is 14.7. The number of benzene rings is 1. The third-order valence-electron chi connectivity index (χ3n) is 4.56. The summed E-state index contributed by atoms with van der Waals surface area (Å²) in [7, 11) is 0. The summed E-state index contributed by atoms with van der Waals surface area (Å²) < 4.78 is 2.14. The third kappa shape index (κ3) is 2.61. The van der Waals surface area contributed by atoms with Gasteiger partial charge in [-0.15, -0.1) is 0 Å². The van der Waals surface area contributed by atoms with Gasteiger partial charge in [0.05, 0.1) is 18.2 Å². The molecule has 1 aromatic carbocycles. The maximum atomic E-state index is 8.89. The molecule has 0 radical (unpaired) electrons. The van der Waals surface area contributed by atoms with Crippen molar-refractivity contribution in [1.82, 2.24) is 14.5 Å². The number of nitrogens with zero attached hydrogens (tertiary/aromatic N) is 5. The van der Waals surface area contributed by atoms with Gasteiger partial charge in [0.1, 0.15) is 0 Å². The zero-order valence-corrected chi connectivity index (χ0v) is 13.5. The summed E-state index contributed by atoms with van der Waals surface area (Å²) >= 11 is 0. The molecule has 0 spiro atoms. The maximum absolute atomic E-state index is 8.89. The summed E-state index contributed by atoms with van der Waals surface area (Å²) in [6.45, 7) is 2.77. The van der Waals surface area contributed by atoms with E-state index in [0.29, 0.717) is 13.0 Å². The van der Waals surface area contributed by atoms with Crippen molar-refractivity contribution in [3.05, 3.63) is 42.7 Å². The van der Waals surface area contributed by atoms with Gasteiger partial charge in [0, 0.05) is 48.5 Å². The van der Waals surface area contributed by atoms with Gasteiger partial charge in [-0.2, -0.15) is 5.26 Å². The molecule has 1 aliphatic rings. The van der Waals surface area contributed by atoms with E-state index in [-0.39, 0.29) is 0 Å². The molecule has 120 valence electrons. The van der Waals surface area contributed by atoms with Crippen molar-refractivity contribution < 1.29 is 0 Å². The summed E-state index contributed by atoms with van der Waals surface area (Å²) in [4.78, 5) is 11.5. The van der Waals surface area contributed by atoms with E-state index in [1.807, 2.05) is 24.4 Å². The predicted molar refractivity (Wildman–Crippen MR) is 94.6 cm³/mol. The van der Waals surface area contributed by atoms with Crippen molar-refractivity contribution in [1.29, 1.82) is 5.26 Å². The Balaban J connectivity index is 1.79. The fourth-order valence-electron chi connectivity index (χ4n) is 3.37. The van der Waals surface area contributed by atoms with Crippen LogP contribution in [-0.4, -0.2) is 27.6 Å². The van der Waals surface area contributed by atoms with E-state index in [1.54, 1.807) is 0 Å². The average Bonchev–Trinajstić information content (AvgIpc) is 3.28. The van der Waals surface area contributed by atoms with E-state index in [4.69, 9.17) is 10.2 Å². The summed E-state index contributed by atoms with van der Waals surface area (Å²) in [5, 5.41) is 10.1. The number of para-hydroxylation sites is 1. The van der Waals surface area contributed by atoms with E-state index < -0.39 is 0 Å². The number of fused-ring (bicyclic) bond motifs is 1. The van der Waals surface area contributed by atoms with E-state index in [0.717, 1.165) is 35.8 Å². The molecule has 1 aliphatic heterocycles. The second-order valence-electron chi connectivity index (χ2n) is 6.10. The molecular formula is C19H19N5. The van der Waals surface area contributed by atoms with Crippen LogP contribution in [0.4, 0.5) is 5.95 Å². The number of anilines is 1. The molecule has 1 fully saturated rings. The molecule has 2 aromatic heterocycles. The van der Waals surface area contributed by atoms with Crippen LogP contribution in [0.2, 0.25) is 0 Å². The quantitative estimate of drug-likeness (QED) is 0.737. The number of aromatic nitrogens is 3. The highest BCUT2D eigenvalue weighted by atomic mass is 15.3. The summed E-state index contributed by atoms with van der Waals surface area (Å²) in [5.74, 6) is 0.818. The lowest BCUT2D eigenvalue weighted by molar-refractivity contribution is 0.745. The smallest absolute Gasteiger partial charge is 0.225 e. The summed E-state index contributed by atoms with van der Waals surface area (Å²) in [6, 6.07) is 12.5. The van der Waals surface area contributed by atoms with Crippen LogP contribution in [0, 0.1) is 11.3 Å². The topological polar surface area (TPSA) is 57.7 Å². The molecular weight excluding hydrogens is 298 g/mol. The predicted octanol–water partition coefficient (Wildman–Crippen LogP) is 3.61. The number of hydrogen-bond donors (Lipinski definition) is 0. The monoisotopic (exact) mass is 317 g/mol. The Kier molecular flexibility index (Phi) is 3.87. The van der Waals surface area contributed by atoms with Gasteiger partial charge in [-0.05, 0) is 25.0 Å². The van der Waals surface area contributed by atoms with Crippen LogP contribution >= 0.6 is 0 Å². The lowest BCUT2D eigenvalue weighted by atomic mass is 10.1. The third-order valence-corrected chi connectivity index (χ3v) is 4.56. The van der Waals surface area contributed by atoms with Gasteiger partial charge in [0.2, 0.25) is 5.95 Å². The molecule has 3 aromatic rings. The van der Waals surface area contributed by atoms with Gasteiger partial charge in [0.15, 0.2) is 0 Å². The molecule has 0 bridgehead atoms. The Morgan fingerprint density at radius 3 is 2.79 bits per heavy atom. The van der Waals surface area contributed by atoms with E-state index >= 15 is 0 Å². The first-order valence-corrected chi connectivity index (χ1v) is 8.40. The van der Waals surface area contributed by atoms with Gasteiger partial charge in [0.25, 0.3) is 0 Å². The largest absolute Gasteiger partial charge is 0.346 e. The Morgan fingerprint density at radius 2 is 1.96 bits per heavy atom. The van der Waals surface area contributed by atoms with Crippen LogP contribution in [0.5, 0.6) is 0 Å². The molecule has 0 aliphatic carbocycles. The van der Waals surface area contributed by atoms with Crippen LogP contribution in [-0.2, 0) is 6.54 Å². The van der Waals surface area contributed by atoms with E-state index in [9.17, 15) is 0 Å². The minimum absolute atomic E-state index is 0.501. The zero-order chi connectivity index (χ0) is 16.4. The standard InChI is InChI=1S/C19H19N5/c20-9-5-13-24-14-16(15-6-1-2-7-18(15)24)17-8-10-21-19(22-17)23-11-3-4-12-23/h1-2,6-8,10,14H,3-5,11-13H2. The fraction of sp³-hybridized carbons (Fsp3) is 0.316. The Morgan fingerprint density at radius 1 is 1.12 bits per heavy atom. The number of rotatable bonds is 4. The van der Waals surface area contributed by atoms with Crippen LogP contribution < -0.4 is 4.90 Å². The van der Waals surface area contributed by atoms with Crippen molar-refractivity contribution >= 4 is 16.9 Å². The normalized spacial score (nSPS) is 14.2. The maximum Gasteiger partial charge on any atom is 0.225 e. The molecule has 24 heavy (non-hydrogen) atoms. The first-order valence-electron chi connectivity index (χ1n) is 8.40. The molecule has 0 atom stereocenters. The Hall–Kier alpha value is -2.87. The molecule has 1 saturated heterocycles. The van der Waals surface area contributed by atoms with Gasteiger partial charge < -0.3 is 9.47 Å². The van der Waals surface area contributed by atoms with Crippen LogP contribution in [0.25, 0.3) is 22.2 Å². The van der Waals surface area contributed by atoms with E-state index in [2.05, 4.69) is 38.8 Å². The number of hydrogen-bond acceptors (Lipinski definition) is 4. The molecule has 0 unspecified atom stereocenters. The lowest BCUT2D eigenvalue weighted by Crippen LogP contribution is -2.20. The van der Waals surface area contributed by atoms with Crippen molar-refractivity contribution in [3.8, 4) is 17.3 Å². The molecule has 0 saturated carbocycles. The highest BCUT2D eigenvalue weighted by Crippen LogP contribution is 2.30. The zero-order valence-electron chi connectivity index (χ0n) is 13.5. The SMILES string of the molecule is N#CCCn1cc(-c2ccnc(N3CCCC3)n2)c2ccccc21. The average molecular weight is 317 g/mol. The minimum Gasteiger partial charge on any atom is -0.346 e. The van der Waals surface area contributed by atoms with E-state index in [1.165, 1.54) is 18.2 Å². The van der Waals surface area contributed by atoms with Gasteiger partial charge in [-0.1, -0.05) is 18.2 Å². The summed E-state index contributed by atoms with van der Waals surface area (Å²) in [5.41, 5.74) is 3.19.